The van der Waals surface area contributed by atoms with Crippen molar-refractivity contribution in [3.63, 3.8) is 0 Å². The molecule has 36 heavy (non-hydrogen) atoms. The van der Waals surface area contributed by atoms with Crippen LogP contribution in [0.5, 0.6) is 0 Å². The molecule has 0 saturated heterocycles. The van der Waals surface area contributed by atoms with Gasteiger partial charge in [0, 0.05) is 5.56 Å². The third-order valence-electron chi connectivity index (χ3n) is 6.24. The molecule has 0 saturated carbocycles. The van der Waals surface area contributed by atoms with Crippen molar-refractivity contribution in [2.75, 3.05) is 20.8 Å². The van der Waals surface area contributed by atoms with Gasteiger partial charge in [-0.3, -0.25) is 14.4 Å². The first kappa shape index (κ1) is 25.3. The number of ether oxygens (including phenoxy) is 2. The van der Waals surface area contributed by atoms with Crippen molar-refractivity contribution in [2.24, 2.45) is 5.92 Å². The summed E-state index contributed by atoms with van der Waals surface area (Å²) >= 11 is 0. The van der Waals surface area contributed by atoms with Crippen molar-refractivity contribution in [1.29, 1.82) is 0 Å². The summed E-state index contributed by atoms with van der Waals surface area (Å²) in [5.41, 5.74) is 2.81. The van der Waals surface area contributed by atoms with Gasteiger partial charge in [0.1, 0.15) is 0 Å². The van der Waals surface area contributed by atoms with Gasteiger partial charge in [0.15, 0.2) is 11.7 Å². The van der Waals surface area contributed by atoms with Gasteiger partial charge in [-0.2, -0.15) is 4.31 Å². The number of hydrogen-bond donors (Lipinski definition) is 0. The van der Waals surface area contributed by atoms with E-state index in [1.54, 1.807) is 30.3 Å². The second-order valence-electron chi connectivity index (χ2n) is 8.42. The van der Waals surface area contributed by atoms with E-state index in [2.05, 4.69) is 0 Å². The standard InChI is InChI=1S/C27H25NO7S/c1-17-9-12-20(13-10-17)36(32,33)28-16-23(29)21-14-11-19(18-7-5-4-6-8-18)15-22(21)25(28)24(26(30)34-2)27(31)35-3/h4-15,24-25H,16H2,1-3H3. The minimum atomic E-state index is -4.31. The van der Waals surface area contributed by atoms with Crippen LogP contribution in [0.15, 0.2) is 77.7 Å². The maximum atomic E-state index is 13.8. The van der Waals surface area contributed by atoms with Crippen LogP contribution in [-0.4, -0.2) is 51.2 Å². The summed E-state index contributed by atoms with van der Waals surface area (Å²) < 4.78 is 38.3. The molecule has 0 fully saturated rings. The summed E-state index contributed by atoms with van der Waals surface area (Å²) in [6.07, 6.45) is 0. The number of sulfonamides is 1. The predicted octanol–water partition coefficient (Wildman–Crippen LogP) is 3.55. The van der Waals surface area contributed by atoms with Crippen molar-refractivity contribution in [3.05, 3.63) is 89.5 Å². The molecule has 1 heterocycles. The van der Waals surface area contributed by atoms with Crippen molar-refractivity contribution in [2.45, 2.75) is 17.9 Å². The molecule has 0 amide bonds. The monoisotopic (exact) mass is 507 g/mol. The summed E-state index contributed by atoms with van der Waals surface area (Å²) in [5.74, 6) is -4.05. The van der Waals surface area contributed by atoms with E-state index in [0.29, 0.717) is 5.56 Å². The molecule has 1 aliphatic heterocycles. The number of ketones is 1. The van der Waals surface area contributed by atoms with E-state index in [9.17, 15) is 22.8 Å². The zero-order valence-electron chi connectivity index (χ0n) is 20.0. The topological polar surface area (TPSA) is 107 Å². The Labute approximate surface area is 209 Å². The van der Waals surface area contributed by atoms with Gasteiger partial charge in [-0.1, -0.05) is 60.2 Å². The summed E-state index contributed by atoms with van der Waals surface area (Å²) in [7, 11) is -2.11. The molecule has 0 radical (unpaired) electrons. The molecule has 0 aliphatic carbocycles. The van der Waals surface area contributed by atoms with Crippen LogP contribution >= 0.6 is 0 Å². The lowest BCUT2D eigenvalue weighted by Crippen LogP contribution is -2.49. The zero-order chi connectivity index (χ0) is 26.0. The summed E-state index contributed by atoms with van der Waals surface area (Å²) in [6.45, 7) is 1.26. The maximum absolute atomic E-state index is 13.8. The second-order valence-corrected chi connectivity index (χ2v) is 10.3. The van der Waals surface area contributed by atoms with E-state index in [0.717, 1.165) is 29.7 Å². The molecule has 186 valence electrons. The molecular formula is C27H25NO7S. The van der Waals surface area contributed by atoms with Gasteiger partial charge in [-0.25, -0.2) is 8.42 Å². The molecular weight excluding hydrogens is 482 g/mol. The third-order valence-corrected chi connectivity index (χ3v) is 8.08. The summed E-state index contributed by atoms with van der Waals surface area (Å²) in [4.78, 5) is 38.9. The van der Waals surface area contributed by atoms with Crippen molar-refractivity contribution < 1.29 is 32.3 Å². The second kappa shape index (κ2) is 10.0. The molecule has 3 aromatic rings. The number of benzene rings is 3. The molecule has 0 N–H and O–H groups in total. The van der Waals surface area contributed by atoms with E-state index in [-0.39, 0.29) is 16.0 Å². The lowest BCUT2D eigenvalue weighted by molar-refractivity contribution is -0.161. The summed E-state index contributed by atoms with van der Waals surface area (Å²) in [5, 5.41) is 0. The Morgan fingerprint density at radius 1 is 0.889 bits per heavy atom. The van der Waals surface area contributed by atoms with E-state index < -0.39 is 46.2 Å². The highest BCUT2D eigenvalue weighted by molar-refractivity contribution is 7.89. The average Bonchev–Trinajstić information content (AvgIpc) is 2.90. The fourth-order valence-corrected chi connectivity index (χ4v) is 5.96. The SMILES string of the molecule is COC(=O)C(C(=O)OC)C1c2cc(-c3ccccc3)ccc2C(=O)CN1S(=O)(=O)c1ccc(C)cc1. The average molecular weight is 508 g/mol. The number of esters is 2. The van der Waals surface area contributed by atoms with Crippen LogP contribution in [0.1, 0.15) is 27.5 Å². The van der Waals surface area contributed by atoms with Crippen molar-refractivity contribution in [3.8, 4) is 11.1 Å². The molecule has 0 aromatic heterocycles. The Morgan fingerprint density at radius 3 is 2.08 bits per heavy atom. The van der Waals surface area contributed by atoms with Crippen molar-refractivity contribution >= 4 is 27.7 Å². The van der Waals surface area contributed by atoms with Crippen LogP contribution in [0.4, 0.5) is 0 Å². The van der Waals surface area contributed by atoms with E-state index in [1.807, 2.05) is 37.3 Å². The van der Waals surface area contributed by atoms with Gasteiger partial charge in [0.05, 0.1) is 31.7 Å². The van der Waals surface area contributed by atoms with Gasteiger partial charge in [0.25, 0.3) is 0 Å². The van der Waals surface area contributed by atoms with Gasteiger partial charge in [-0.15, -0.1) is 0 Å². The molecule has 9 heteroatoms. The van der Waals surface area contributed by atoms with Crippen molar-refractivity contribution in [1.82, 2.24) is 4.31 Å². The Morgan fingerprint density at radius 2 is 1.50 bits per heavy atom. The Balaban J connectivity index is 1.97. The van der Waals surface area contributed by atoms with Crippen LogP contribution < -0.4 is 0 Å². The van der Waals surface area contributed by atoms with Gasteiger partial charge < -0.3 is 9.47 Å². The molecule has 1 unspecified atom stereocenters. The number of Topliss-reactive ketones (excluding diaryl/α,β-unsaturated/α-hetero) is 1. The number of carbonyl (C=O) groups excluding carboxylic acids is 3. The lowest BCUT2D eigenvalue weighted by Gasteiger charge is -2.38. The molecule has 3 aromatic carbocycles. The highest BCUT2D eigenvalue weighted by Gasteiger charge is 2.49. The molecule has 1 aliphatic rings. The molecule has 0 spiro atoms. The Hall–Kier alpha value is -3.82. The third kappa shape index (κ3) is 4.55. The summed E-state index contributed by atoms with van der Waals surface area (Å²) in [6, 6.07) is 19.0. The van der Waals surface area contributed by atoms with Gasteiger partial charge in [0.2, 0.25) is 10.0 Å². The van der Waals surface area contributed by atoms with Crippen LogP contribution in [0, 0.1) is 12.8 Å². The number of hydrogen-bond acceptors (Lipinski definition) is 7. The minimum Gasteiger partial charge on any atom is -0.468 e. The van der Waals surface area contributed by atoms with E-state index in [4.69, 9.17) is 9.47 Å². The minimum absolute atomic E-state index is 0.0676. The van der Waals surface area contributed by atoms with Crippen LogP contribution in [0.25, 0.3) is 11.1 Å². The number of methoxy groups -OCH3 is 2. The highest BCUT2D eigenvalue weighted by atomic mass is 32.2. The normalized spacial score (nSPS) is 15.9. The largest absolute Gasteiger partial charge is 0.468 e. The predicted molar refractivity (Wildman–Crippen MR) is 132 cm³/mol. The van der Waals surface area contributed by atoms with Gasteiger partial charge in [-0.05, 0) is 41.8 Å². The zero-order valence-corrected chi connectivity index (χ0v) is 20.8. The fraction of sp³-hybridized carbons (Fsp3) is 0.222. The Kier molecular flexibility index (Phi) is 7.05. The molecule has 4 rings (SSSR count). The molecule has 1 atom stereocenters. The quantitative estimate of drug-likeness (QED) is 0.371. The van der Waals surface area contributed by atoms with E-state index >= 15 is 0 Å². The molecule has 8 nitrogen and oxygen atoms in total. The Bertz CT molecular complexity index is 1400. The smallest absolute Gasteiger partial charge is 0.322 e. The number of nitrogens with zero attached hydrogens (tertiary/aromatic N) is 1. The van der Waals surface area contributed by atoms with Crippen LogP contribution in [-0.2, 0) is 29.1 Å². The first-order valence-electron chi connectivity index (χ1n) is 11.2. The van der Waals surface area contributed by atoms with Crippen LogP contribution in [0.2, 0.25) is 0 Å². The first-order chi connectivity index (χ1) is 17.2. The number of carbonyl (C=O) groups is 3. The fourth-order valence-electron chi connectivity index (χ4n) is 4.39. The molecule has 0 bridgehead atoms. The number of rotatable bonds is 6. The maximum Gasteiger partial charge on any atom is 0.322 e. The first-order valence-corrected chi connectivity index (χ1v) is 12.6. The number of fused-ring (bicyclic) bond motifs is 1. The van der Waals surface area contributed by atoms with Crippen LogP contribution in [0.3, 0.4) is 0 Å². The van der Waals surface area contributed by atoms with Gasteiger partial charge >= 0.3 is 11.9 Å². The lowest BCUT2D eigenvalue weighted by atomic mass is 9.83. The highest BCUT2D eigenvalue weighted by Crippen LogP contribution is 2.41. The van der Waals surface area contributed by atoms with E-state index in [1.165, 1.54) is 12.1 Å². The number of aryl methyl sites for hydroxylation is 1.